The summed E-state index contributed by atoms with van der Waals surface area (Å²) in [4.78, 5) is 30.6. The van der Waals surface area contributed by atoms with Gasteiger partial charge in [0.05, 0.1) is 0 Å². The van der Waals surface area contributed by atoms with E-state index in [4.69, 9.17) is 11.6 Å². The lowest BCUT2D eigenvalue weighted by atomic mass is 10.2. The first kappa shape index (κ1) is 17.8. The van der Waals surface area contributed by atoms with Crippen molar-refractivity contribution in [2.24, 2.45) is 4.99 Å². The zero-order valence-electron chi connectivity index (χ0n) is 13.4. The highest BCUT2D eigenvalue weighted by atomic mass is 35.5. The van der Waals surface area contributed by atoms with Crippen molar-refractivity contribution < 1.29 is 9.59 Å². The van der Waals surface area contributed by atoms with Crippen LogP contribution in [0.15, 0.2) is 23.2 Å². The molecule has 1 saturated heterocycles. The highest BCUT2D eigenvalue weighted by Crippen LogP contribution is 2.30. The van der Waals surface area contributed by atoms with Crippen molar-refractivity contribution in [1.82, 2.24) is 4.90 Å². The quantitative estimate of drug-likeness (QED) is 0.883. The molecule has 1 aliphatic heterocycles. The SMILES string of the molecule is CCN=C1SC(CC(=O)Nc2cccc(Cl)c2C)C(=O)N1CC. The monoisotopic (exact) mass is 353 g/mol. The van der Waals surface area contributed by atoms with Crippen molar-refractivity contribution in [3.8, 4) is 0 Å². The minimum absolute atomic E-state index is 0.0531. The fourth-order valence-corrected chi connectivity index (χ4v) is 3.74. The van der Waals surface area contributed by atoms with Crippen LogP contribution in [0.2, 0.25) is 5.02 Å². The third kappa shape index (κ3) is 4.06. The van der Waals surface area contributed by atoms with E-state index < -0.39 is 5.25 Å². The summed E-state index contributed by atoms with van der Waals surface area (Å²) >= 11 is 7.41. The molecular weight excluding hydrogens is 334 g/mol. The van der Waals surface area contributed by atoms with E-state index in [1.54, 1.807) is 23.1 Å². The summed E-state index contributed by atoms with van der Waals surface area (Å²) in [5, 5.41) is 3.72. The second kappa shape index (κ2) is 7.84. The maximum atomic E-state index is 12.4. The van der Waals surface area contributed by atoms with Gasteiger partial charge < -0.3 is 5.32 Å². The van der Waals surface area contributed by atoms with Crippen LogP contribution < -0.4 is 5.32 Å². The Kier molecular flexibility index (Phi) is 6.07. The Labute approximate surface area is 145 Å². The minimum atomic E-state index is -0.417. The summed E-state index contributed by atoms with van der Waals surface area (Å²) in [5.41, 5.74) is 1.49. The first-order chi connectivity index (χ1) is 11.0. The van der Waals surface area contributed by atoms with Crippen LogP contribution in [0, 0.1) is 6.92 Å². The summed E-state index contributed by atoms with van der Waals surface area (Å²) in [5.74, 6) is -0.252. The molecule has 0 aliphatic carbocycles. The predicted molar refractivity (Wildman–Crippen MR) is 96.2 cm³/mol. The topological polar surface area (TPSA) is 61.8 Å². The standard InChI is InChI=1S/C16H20ClN3O2S/c1-4-18-16-20(5-2)15(22)13(23-16)9-14(21)19-12-8-6-7-11(17)10(12)3/h6-8,13H,4-5,9H2,1-3H3,(H,19,21). The van der Waals surface area contributed by atoms with Crippen molar-refractivity contribution in [3.05, 3.63) is 28.8 Å². The molecule has 0 spiro atoms. The minimum Gasteiger partial charge on any atom is -0.326 e. The Morgan fingerprint density at radius 3 is 2.83 bits per heavy atom. The molecule has 1 fully saturated rings. The van der Waals surface area contributed by atoms with Gasteiger partial charge in [0, 0.05) is 30.2 Å². The molecule has 0 aromatic heterocycles. The third-order valence-corrected chi connectivity index (χ3v) is 5.16. The fourth-order valence-electron chi connectivity index (χ4n) is 2.30. The van der Waals surface area contributed by atoms with Gasteiger partial charge in [-0.15, -0.1) is 0 Å². The number of benzene rings is 1. The van der Waals surface area contributed by atoms with Crippen LogP contribution in [-0.2, 0) is 9.59 Å². The van der Waals surface area contributed by atoms with E-state index in [-0.39, 0.29) is 18.2 Å². The Bertz CT molecular complexity index is 648. The second-order valence-corrected chi connectivity index (χ2v) is 6.69. The molecule has 1 heterocycles. The lowest BCUT2D eigenvalue weighted by Crippen LogP contribution is -2.33. The van der Waals surface area contributed by atoms with E-state index in [1.807, 2.05) is 20.8 Å². The lowest BCUT2D eigenvalue weighted by molar-refractivity contribution is -0.128. The number of hydrogen-bond donors (Lipinski definition) is 1. The van der Waals surface area contributed by atoms with Crippen LogP contribution in [-0.4, -0.2) is 40.2 Å². The van der Waals surface area contributed by atoms with E-state index >= 15 is 0 Å². The Hall–Kier alpha value is -1.53. The van der Waals surface area contributed by atoms with Gasteiger partial charge in [0.15, 0.2) is 5.17 Å². The Morgan fingerprint density at radius 1 is 1.43 bits per heavy atom. The molecule has 1 aliphatic rings. The van der Waals surface area contributed by atoms with Crippen LogP contribution in [0.3, 0.4) is 0 Å². The van der Waals surface area contributed by atoms with Crippen LogP contribution in [0.5, 0.6) is 0 Å². The number of hydrogen-bond acceptors (Lipinski definition) is 4. The molecule has 1 atom stereocenters. The van der Waals surface area contributed by atoms with Crippen LogP contribution >= 0.6 is 23.4 Å². The summed E-state index contributed by atoms with van der Waals surface area (Å²) in [6.45, 7) is 6.86. The highest BCUT2D eigenvalue weighted by Gasteiger charge is 2.38. The zero-order valence-corrected chi connectivity index (χ0v) is 15.0. The molecule has 1 aromatic rings. The number of carbonyl (C=O) groups excluding carboxylic acids is 2. The van der Waals surface area contributed by atoms with Gasteiger partial charge >= 0.3 is 0 Å². The smallest absolute Gasteiger partial charge is 0.242 e. The molecule has 0 radical (unpaired) electrons. The van der Waals surface area contributed by atoms with Crippen molar-refractivity contribution in [2.45, 2.75) is 32.4 Å². The number of nitrogens with one attached hydrogen (secondary N) is 1. The van der Waals surface area contributed by atoms with Gasteiger partial charge in [0.2, 0.25) is 11.8 Å². The van der Waals surface area contributed by atoms with Gasteiger partial charge in [-0.25, -0.2) is 0 Å². The van der Waals surface area contributed by atoms with Crippen LogP contribution in [0.25, 0.3) is 0 Å². The molecule has 2 amide bonds. The highest BCUT2D eigenvalue weighted by molar-refractivity contribution is 8.15. The molecule has 1 unspecified atom stereocenters. The van der Waals surface area contributed by atoms with Gasteiger partial charge in [0.25, 0.3) is 0 Å². The van der Waals surface area contributed by atoms with E-state index in [2.05, 4.69) is 10.3 Å². The summed E-state index contributed by atoms with van der Waals surface area (Å²) in [6, 6.07) is 5.35. The van der Waals surface area contributed by atoms with Crippen molar-refractivity contribution >= 4 is 46.0 Å². The lowest BCUT2D eigenvalue weighted by Gasteiger charge is -2.13. The Balaban J connectivity index is 2.04. The molecule has 5 nitrogen and oxygen atoms in total. The number of aliphatic imine (C=N–C) groups is 1. The molecule has 124 valence electrons. The maximum absolute atomic E-state index is 12.4. The molecule has 1 N–H and O–H groups in total. The van der Waals surface area contributed by atoms with Gasteiger partial charge in [-0.3, -0.25) is 19.5 Å². The first-order valence-corrected chi connectivity index (χ1v) is 8.81. The van der Waals surface area contributed by atoms with Crippen molar-refractivity contribution in [2.75, 3.05) is 18.4 Å². The fraction of sp³-hybridized carbons (Fsp3) is 0.438. The van der Waals surface area contributed by atoms with Gasteiger partial charge in [0.1, 0.15) is 5.25 Å². The second-order valence-electron chi connectivity index (χ2n) is 5.11. The van der Waals surface area contributed by atoms with Gasteiger partial charge in [-0.2, -0.15) is 0 Å². The molecule has 7 heteroatoms. The molecule has 1 aromatic carbocycles. The Morgan fingerprint density at radius 2 is 2.17 bits per heavy atom. The average Bonchev–Trinajstić information content (AvgIpc) is 2.79. The molecule has 0 saturated carbocycles. The number of thioether (sulfide) groups is 1. The summed E-state index contributed by atoms with van der Waals surface area (Å²) < 4.78 is 0. The number of anilines is 1. The molecule has 2 rings (SSSR count). The zero-order chi connectivity index (χ0) is 17.0. The van der Waals surface area contributed by atoms with E-state index in [0.717, 1.165) is 5.56 Å². The molecule has 23 heavy (non-hydrogen) atoms. The number of amidine groups is 1. The van der Waals surface area contributed by atoms with Crippen LogP contribution in [0.1, 0.15) is 25.8 Å². The largest absolute Gasteiger partial charge is 0.326 e. The van der Waals surface area contributed by atoms with E-state index in [1.165, 1.54) is 11.8 Å². The maximum Gasteiger partial charge on any atom is 0.242 e. The average molecular weight is 354 g/mol. The summed E-state index contributed by atoms with van der Waals surface area (Å²) in [7, 11) is 0. The summed E-state index contributed by atoms with van der Waals surface area (Å²) in [6.07, 6.45) is 0.120. The van der Waals surface area contributed by atoms with Gasteiger partial charge in [-0.1, -0.05) is 29.4 Å². The van der Waals surface area contributed by atoms with Crippen molar-refractivity contribution in [1.29, 1.82) is 0 Å². The van der Waals surface area contributed by atoms with Crippen LogP contribution in [0.4, 0.5) is 5.69 Å². The molecular formula is C16H20ClN3O2S. The predicted octanol–water partition coefficient (Wildman–Crippen LogP) is 3.32. The number of carbonyl (C=O) groups is 2. The van der Waals surface area contributed by atoms with E-state index in [0.29, 0.717) is 29.0 Å². The first-order valence-electron chi connectivity index (χ1n) is 7.55. The van der Waals surface area contributed by atoms with E-state index in [9.17, 15) is 9.59 Å². The number of amides is 2. The number of halogens is 1. The number of rotatable bonds is 5. The third-order valence-electron chi connectivity index (χ3n) is 3.54. The normalized spacial score (nSPS) is 19.5. The van der Waals surface area contributed by atoms with Gasteiger partial charge in [-0.05, 0) is 38.5 Å². The number of nitrogens with zero attached hydrogens (tertiary/aromatic N) is 2. The molecule has 0 bridgehead atoms. The van der Waals surface area contributed by atoms with Crippen molar-refractivity contribution in [3.63, 3.8) is 0 Å².